The molecule has 0 fully saturated rings. The molecule has 6 heteroatoms. The number of amides is 1. The van der Waals surface area contributed by atoms with Crippen LogP contribution in [0.5, 0.6) is 0 Å². The van der Waals surface area contributed by atoms with Gasteiger partial charge in [0, 0.05) is 5.75 Å². The molecule has 1 aromatic heterocycles. The summed E-state index contributed by atoms with van der Waals surface area (Å²) in [6.07, 6.45) is 0.339. The zero-order valence-corrected chi connectivity index (χ0v) is 15.8. The second-order valence-electron chi connectivity index (χ2n) is 5.80. The van der Waals surface area contributed by atoms with Gasteiger partial charge in [-0.3, -0.25) is 4.79 Å². The average Bonchev–Trinajstić information content (AvgIpc) is 3.04. The monoisotopic (exact) mass is 369 g/mol. The third-order valence-electron chi connectivity index (χ3n) is 3.72. The Morgan fingerprint density at radius 2 is 1.92 bits per heavy atom. The summed E-state index contributed by atoms with van der Waals surface area (Å²) in [4.78, 5) is 12.1. The summed E-state index contributed by atoms with van der Waals surface area (Å²) in [6.45, 7) is 4.21. The first-order valence-corrected chi connectivity index (χ1v) is 9.76. The van der Waals surface area contributed by atoms with Crippen molar-refractivity contribution in [3.63, 3.8) is 0 Å². The Labute approximate surface area is 155 Å². The van der Waals surface area contributed by atoms with Gasteiger partial charge in [-0.25, -0.2) is 0 Å². The number of carbonyl (C=O) groups is 1. The Hall–Kier alpha value is -2.18. The molecule has 0 atom stereocenters. The molecule has 0 saturated heterocycles. The lowest BCUT2D eigenvalue weighted by molar-refractivity contribution is -0.115. The van der Waals surface area contributed by atoms with Crippen molar-refractivity contribution >= 4 is 34.1 Å². The highest BCUT2D eigenvalue weighted by Crippen LogP contribution is 2.29. The van der Waals surface area contributed by atoms with Crippen molar-refractivity contribution in [3.8, 4) is 0 Å². The molecule has 3 rings (SSSR count). The molecule has 0 unspecified atom stereocenters. The van der Waals surface area contributed by atoms with Gasteiger partial charge in [0.2, 0.25) is 11.0 Å². The van der Waals surface area contributed by atoms with Gasteiger partial charge < -0.3 is 5.32 Å². The molecule has 2 aromatic carbocycles. The lowest BCUT2D eigenvalue weighted by atomic mass is 10.1. The van der Waals surface area contributed by atoms with Crippen LogP contribution in [0.25, 0.3) is 0 Å². The zero-order chi connectivity index (χ0) is 17.6. The van der Waals surface area contributed by atoms with Gasteiger partial charge in [0.15, 0.2) is 4.34 Å². The number of anilines is 1. The van der Waals surface area contributed by atoms with Crippen molar-refractivity contribution in [2.45, 2.75) is 30.4 Å². The molecule has 1 heterocycles. The van der Waals surface area contributed by atoms with E-state index in [4.69, 9.17) is 0 Å². The summed E-state index contributed by atoms with van der Waals surface area (Å²) in [5.74, 6) is 0.772. The standard InChI is InChI=1S/C19H19N3OS2/c1-13-8-9-14(2)16(10-13)12-24-19-22-21-18(25-19)20-17(23)11-15-6-4-3-5-7-15/h3-10H,11-12H2,1-2H3,(H,20,21,23). The summed E-state index contributed by atoms with van der Waals surface area (Å²) in [5, 5.41) is 11.6. The van der Waals surface area contributed by atoms with E-state index in [1.165, 1.54) is 28.0 Å². The van der Waals surface area contributed by atoms with Crippen LogP contribution in [0.15, 0.2) is 52.9 Å². The van der Waals surface area contributed by atoms with Crippen molar-refractivity contribution < 1.29 is 4.79 Å². The molecule has 3 aromatic rings. The fourth-order valence-electron chi connectivity index (χ4n) is 2.36. The third kappa shape index (κ3) is 5.14. The third-order valence-corrected chi connectivity index (χ3v) is 5.74. The van der Waals surface area contributed by atoms with Crippen LogP contribution in [0, 0.1) is 13.8 Å². The van der Waals surface area contributed by atoms with Crippen LogP contribution >= 0.6 is 23.1 Å². The summed E-state index contributed by atoms with van der Waals surface area (Å²) >= 11 is 3.05. The molecule has 1 N–H and O–H groups in total. The lowest BCUT2D eigenvalue weighted by Crippen LogP contribution is -2.14. The van der Waals surface area contributed by atoms with Crippen LogP contribution in [-0.2, 0) is 17.0 Å². The number of hydrogen-bond donors (Lipinski definition) is 1. The summed E-state index contributed by atoms with van der Waals surface area (Å²) in [7, 11) is 0. The van der Waals surface area contributed by atoms with Gasteiger partial charge in [0.05, 0.1) is 6.42 Å². The van der Waals surface area contributed by atoms with Crippen LogP contribution in [0.3, 0.4) is 0 Å². The van der Waals surface area contributed by atoms with E-state index in [9.17, 15) is 4.79 Å². The van der Waals surface area contributed by atoms with Crippen LogP contribution < -0.4 is 5.32 Å². The average molecular weight is 370 g/mol. The minimum Gasteiger partial charge on any atom is -0.300 e. The number of thioether (sulfide) groups is 1. The van der Waals surface area contributed by atoms with E-state index in [2.05, 4.69) is 47.6 Å². The number of benzene rings is 2. The number of aryl methyl sites for hydroxylation is 2. The van der Waals surface area contributed by atoms with Gasteiger partial charge in [0.1, 0.15) is 0 Å². The topological polar surface area (TPSA) is 54.9 Å². The molecule has 128 valence electrons. The van der Waals surface area contributed by atoms with E-state index >= 15 is 0 Å². The van der Waals surface area contributed by atoms with E-state index in [1.54, 1.807) is 11.8 Å². The number of rotatable bonds is 6. The van der Waals surface area contributed by atoms with E-state index in [1.807, 2.05) is 30.3 Å². The van der Waals surface area contributed by atoms with Gasteiger partial charge in [-0.1, -0.05) is 77.2 Å². The first-order chi connectivity index (χ1) is 12.1. The van der Waals surface area contributed by atoms with E-state index in [-0.39, 0.29) is 5.91 Å². The van der Waals surface area contributed by atoms with Crippen LogP contribution in [0.4, 0.5) is 5.13 Å². The maximum atomic E-state index is 12.1. The lowest BCUT2D eigenvalue weighted by Gasteiger charge is -2.05. The van der Waals surface area contributed by atoms with E-state index < -0.39 is 0 Å². The Bertz CT molecular complexity index is 862. The molecule has 25 heavy (non-hydrogen) atoms. The molecular weight excluding hydrogens is 350 g/mol. The molecule has 0 radical (unpaired) electrons. The second-order valence-corrected chi connectivity index (χ2v) is 8.00. The Morgan fingerprint density at radius 1 is 1.12 bits per heavy atom. The van der Waals surface area contributed by atoms with Gasteiger partial charge in [-0.05, 0) is 30.5 Å². The summed E-state index contributed by atoms with van der Waals surface area (Å²) < 4.78 is 0.857. The van der Waals surface area contributed by atoms with Crippen LogP contribution in [0.1, 0.15) is 22.3 Å². The van der Waals surface area contributed by atoms with Crippen molar-refractivity contribution in [3.05, 3.63) is 70.8 Å². The van der Waals surface area contributed by atoms with Crippen LogP contribution in [-0.4, -0.2) is 16.1 Å². The molecular formula is C19H19N3OS2. The Morgan fingerprint density at radius 3 is 2.72 bits per heavy atom. The van der Waals surface area contributed by atoms with E-state index in [0.29, 0.717) is 11.6 Å². The predicted molar refractivity (Wildman–Crippen MR) is 104 cm³/mol. The number of nitrogens with zero attached hydrogens (tertiary/aromatic N) is 2. The van der Waals surface area contributed by atoms with Crippen molar-refractivity contribution in [2.75, 3.05) is 5.32 Å². The fourth-order valence-corrected chi connectivity index (χ4v) is 4.19. The van der Waals surface area contributed by atoms with Gasteiger partial charge in [0.25, 0.3) is 0 Å². The Balaban J connectivity index is 1.55. The molecule has 0 aliphatic carbocycles. The van der Waals surface area contributed by atoms with Crippen molar-refractivity contribution in [1.29, 1.82) is 0 Å². The highest BCUT2D eigenvalue weighted by Gasteiger charge is 2.10. The Kier molecular flexibility index (Phi) is 5.83. The molecule has 0 aliphatic rings. The van der Waals surface area contributed by atoms with Gasteiger partial charge >= 0.3 is 0 Å². The van der Waals surface area contributed by atoms with Crippen LogP contribution in [0.2, 0.25) is 0 Å². The molecule has 0 spiro atoms. The van der Waals surface area contributed by atoms with Crippen molar-refractivity contribution in [2.24, 2.45) is 0 Å². The first kappa shape index (κ1) is 17.6. The maximum Gasteiger partial charge on any atom is 0.230 e. The quantitative estimate of drug-likeness (QED) is 0.508. The first-order valence-electron chi connectivity index (χ1n) is 7.96. The molecule has 4 nitrogen and oxygen atoms in total. The maximum absolute atomic E-state index is 12.1. The zero-order valence-electron chi connectivity index (χ0n) is 14.2. The van der Waals surface area contributed by atoms with Gasteiger partial charge in [-0.15, -0.1) is 10.2 Å². The SMILES string of the molecule is Cc1ccc(C)c(CSc2nnc(NC(=O)Cc3ccccc3)s2)c1. The molecule has 0 saturated carbocycles. The number of nitrogens with one attached hydrogen (secondary N) is 1. The normalized spacial score (nSPS) is 10.6. The minimum atomic E-state index is -0.0755. The second kappa shape index (κ2) is 8.27. The highest BCUT2D eigenvalue weighted by atomic mass is 32.2. The molecule has 0 bridgehead atoms. The number of hydrogen-bond acceptors (Lipinski definition) is 5. The molecule has 1 amide bonds. The largest absolute Gasteiger partial charge is 0.300 e. The summed E-state index contributed by atoms with van der Waals surface area (Å²) in [5.41, 5.74) is 4.82. The van der Waals surface area contributed by atoms with E-state index in [0.717, 1.165) is 15.7 Å². The highest BCUT2D eigenvalue weighted by molar-refractivity contribution is 8.00. The van der Waals surface area contributed by atoms with Gasteiger partial charge in [-0.2, -0.15) is 0 Å². The smallest absolute Gasteiger partial charge is 0.230 e. The number of aromatic nitrogens is 2. The molecule has 0 aliphatic heterocycles. The summed E-state index contributed by atoms with van der Waals surface area (Å²) in [6, 6.07) is 16.1. The minimum absolute atomic E-state index is 0.0755. The number of carbonyl (C=O) groups excluding carboxylic acids is 1. The fraction of sp³-hybridized carbons (Fsp3) is 0.211. The predicted octanol–water partition coefficient (Wildman–Crippen LogP) is 4.63. The van der Waals surface area contributed by atoms with Crippen molar-refractivity contribution in [1.82, 2.24) is 10.2 Å².